The molecule has 3 aliphatic heterocycles. The van der Waals surface area contributed by atoms with Crippen LogP contribution in [-0.4, -0.2) is 71.5 Å². The zero-order chi connectivity index (χ0) is 16.7. The Balaban J connectivity index is 1.53. The number of carboxylic acids is 1. The van der Waals surface area contributed by atoms with Crippen LogP contribution in [0.1, 0.15) is 12.8 Å². The van der Waals surface area contributed by atoms with Gasteiger partial charge >= 0.3 is 5.97 Å². The van der Waals surface area contributed by atoms with Gasteiger partial charge in [-0.2, -0.15) is 4.98 Å². The van der Waals surface area contributed by atoms with Gasteiger partial charge in [0.15, 0.2) is 0 Å². The topological polar surface area (TPSA) is 102 Å². The van der Waals surface area contributed by atoms with Crippen LogP contribution in [-0.2, 0) is 4.79 Å². The summed E-state index contributed by atoms with van der Waals surface area (Å²) < 4.78 is 0. The Labute approximate surface area is 140 Å². The highest BCUT2D eigenvalue weighted by atomic mass is 16.4. The molecule has 0 saturated carbocycles. The minimum atomic E-state index is -0.735. The first-order valence-corrected chi connectivity index (χ1v) is 8.53. The first-order chi connectivity index (χ1) is 11.6. The molecule has 0 aromatic carbocycles. The standard InChI is InChI=1S/C16H23N5O3/c22-12-2-5-20(6-3-12)13-1-4-18-15(19-13)21-8-11-7-17-9-16(11,10-21)14(23)24/h1,4,11-12,17,22H,2-3,5-10H2,(H,23,24)/t11-,16-/m0/s1. The Morgan fingerprint density at radius 3 is 2.83 bits per heavy atom. The van der Waals surface area contributed by atoms with Crippen molar-refractivity contribution < 1.29 is 15.0 Å². The lowest BCUT2D eigenvalue weighted by atomic mass is 9.81. The summed E-state index contributed by atoms with van der Waals surface area (Å²) in [5, 5.41) is 22.5. The number of aliphatic hydroxyl groups excluding tert-OH is 1. The molecular weight excluding hydrogens is 310 g/mol. The number of nitrogens with one attached hydrogen (secondary N) is 1. The molecule has 0 bridgehead atoms. The summed E-state index contributed by atoms with van der Waals surface area (Å²) in [7, 11) is 0. The summed E-state index contributed by atoms with van der Waals surface area (Å²) in [6.45, 7) is 3.91. The minimum absolute atomic E-state index is 0.0902. The molecule has 0 amide bonds. The number of fused-ring (bicyclic) bond motifs is 1. The fraction of sp³-hybridized carbons (Fsp3) is 0.688. The van der Waals surface area contributed by atoms with Crippen molar-refractivity contribution >= 4 is 17.7 Å². The number of anilines is 2. The van der Waals surface area contributed by atoms with Crippen LogP contribution in [0.4, 0.5) is 11.8 Å². The maximum absolute atomic E-state index is 11.8. The van der Waals surface area contributed by atoms with Crippen molar-refractivity contribution in [2.45, 2.75) is 18.9 Å². The Morgan fingerprint density at radius 1 is 1.33 bits per heavy atom. The predicted octanol–water partition coefficient (Wildman–Crippen LogP) is -0.452. The Morgan fingerprint density at radius 2 is 2.12 bits per heavy atom. The fourth-order valence-corrected chi connectivity index (χ4v) is 4.14. The molecule has 0 unspecified atom stereocenters. The number of aromatic nitrogens is 2. The summed E-state index contributed by atoms with van der Waals surface area (Å²) in [6.07, 6.45) is 3.02. The Kier molecular flexibility index (Phi) is 3.80. The van der Waals surface area contributed by atoms with Crippen LogP contribution < -0.4 is 15.1 Å². The van der Waals surface area contributed by atoms with Crippen molar-refractivity contribution in [2.75, 3.05) is 49.1 Å². The number of aliphatic hydroxyl groups is 1. The lowest BCUT2D eigenvalue weighted by Crippen LogP contribution is -2.40. The molecule has 0 aliphatic carbocycles. The van der Waals surface area contributed by atoms with Crippen molar-refractivity contribution in [2.24, 2.45) is 11.3 Å². The van der Waals surface area contributed by atoms with E-state index in [9.17, 15) is 15.0 Å². The quantitative estimate of drug-likeness (QED) is 0.684. The summed E-state index contributed by atoms with van der Waals surface area (Å²) in [5.41, 5.74) is -0.728. The van der Waals surface area contributed by atoms with E-state index in [-0.39, 0.29) is 12.0 Å². The van der Waals surface area contributed by atoms with E-state index in [1.165, 1.54) is 0 Å². The molecule has 3 N–H and O–H groups in total. The molecule has 8 heteroatoms. The summed E-state index contributed by atoms with van der Waals surface area (Å²) >= 11 is 0. The van der Waals surface area contributed by atoms with Crippen molar-refractivity contribution in [1.82, 2.24) is 15.3 Å². The average Bonchev–Trinajstić information content (AvgIpc) is 3.14. The van der Waals surface area contributed by atoms with E-state index in [0.29, 0.717) is 25.6 Å². The van der Waals surface area contributed by atoms with Crippen LogP contribution in [0.3, 0.4) is 0 Å². The molecular formula is C16H23N5O3. The summed E-state index contributed by atoms with van der Waals surface area (Å²) in [4.78, 5) is 25.0. The van der Waals surface area contributed by atoms with Gasteiger partial charge in [0.2, 0.25) is 5.95 Å². The molecule has 24 heavy (non-hydrogen) atoms. The Hall–Kier alpha value is -1.93. The molecule has 130 valence electrons. The molecule has 3 saturated heterocycles. The highest BCUT2D eigenvalue weighted by Gasteiger charge is 2.55. The van der Waals surface area contributed by atoms with E-state index in [0.717, 1.165) is 38.3 Å². The number of rotatable bonds is 3. The Bertz CT molecular complexity index is 634. The van der Waals surface area contributed by atoms with Crippen LogP contribution in [0.25, 0.3) is 0 Å². The molecule has 1 aromatic heterocycles. The smallest absolute Gasteiger partial charge is 0.313 e. The molecule has 0 radical (unpaired) electrons. The number of aliphatic carboxylic acids is 1. The second kappa shape index (κ2) is 5.86. The lowest BCUT2D eigenvalue weighted by Gasteiger charge is -2.31. The number of hydrogen-bond acceptors (Lipinski definition) is 7. The zero-order valence-corrected chi connectivity index (χ0v) is 13.6. The SMILES string of the molecule is O=C(O)[C@]12CNC[C@H]1CN(c1nccc(N3CCC(O)CC3)n1)C2. The van der Waals surface area contributed by atoms with Crippen molar-refractivity contribution in [3.05, 3.63) is 12.3 Å². The summed E-state index contributed by atoms with van der Waals surface area (Å²) in [5.74, 6) is 0.814. The number of carboxylic acid groups (broad SMARTS) is 1. The normalized spacial score (nSPS) is 30.6. The predicted molar refractivity (Wildman–Crippen MR) is 88.1 cm³/mol. The molecule has 8 nitrogen and oxygen atoms in total. The highest BCUT2D eigenvalue weighted by Crippen LogP contribution is 2.40. The number of carbonyl (C=O) groups is 1. The monoisotopic (exact) mass is 333 g/mol. The number of hydrogen-bond donors (Lipinski definition) is 3. The third kappa shape index (κ3) is 2.50. The molecule has 4 rings (SSSR count). The summed E-state index contributed by atoms with van der Waals surface area (Å²) in [6, 6.07) is 1.88. The van der Waals surface area contributed by atoms with Gasteiger partial charge in [0.25, 0.3) is 0 Å². The van der Waals surface area contributed by atoms with Crippen LogP contribution in [0.5, 0.6) is 0 Å². The lowest BCUT2D eigenvalue weighted by molar-refractivity contribution is -0.148. The molecule has 3 aliphatic rings. The van der Waals surface area contributed by atoms with Crippen molar-refractivity contribution in [3.63, 3.8) is 0 Å². The maximum atomic E-state index is 11.8. The molecule has 4 heterocycles. The molecule has 3 fully saturated rings. The van der Waals surface area contributed by atoms with Gasteiger partial charge in [0.1, 0.15) is 11.2 Å². The number of nitrogens with zero attached hydrogens (tertiary/aromatic N) is 4. The van der Waals surface area contributed by atoms with E-state index in [1.54, 1.807) is 6.20 Å². The zero-order valence-electron chi connectivity index (χ0n) is 13.6. The third-order valence-corrected chi connectivity index (χ3v) is 5.65. The first-order valence-electron chi connectivity index (χ1n) is 8.53. The van der Waals surface area contributed by atoms with Gasteiger partial charge < -0.3 is 25.3 Å². The van der Waals surface area contributed by atoms with Crippen LogP contribution in [0, 0.1) is 11.3 Å². The number of piperidine rings is 1. The van der Waals surface area contributed by atoms with Crippen molar-refractivity contribution in [1.29, 1.82) is 0 Å². The van der Waals surface area contributed by atoms with E-state index in [2.05, 4.69) is 20.2 Å². The minimum Gasteiger partial charge on any atom is -0.481 e. The van der Waals surface area contributed by atoms with Gasteiger partial charge in [-0.25, -0.2) is 4.98 Å². The van der Waals surface area contributed by atoms with Crippen LogP contribution >= 0.6 is 0 Å². The van der Waals surface area contributed by atoms with Gasteiger partial charge in [0, 0.05) is 51.4 Å². The second-order valence-electron chi connectivity index (χ2n) is 7.10. The van der Waals surface area contributed by atoms with E-state index < -0.39 is 11.4 Å². The maximum Gasteiger partial charge on any atom is 0.313 e. The van der Waals surface area contributed by atoms with Crippen LogP contribution in [0.2, 0.25) is 0 Å². The first kappa shape index (κ1) is 15.6. The van der Waals surface area contributed by atoms with E-state index in [1.807, 2.05) is 11.0 Å². The van der Waals surface area contributed by atoms with Crippen LogP contribution in [0.15, 0.2) is 12.3 Å². The van der Waals surface area contributed by atoms with Gasteiger partial charge in [-0.15, -0.1) is 0 Å². The molecule has 1 aromatic rings. The largest absolute Gasteiger partial charge is 0.481 e. The van der Waals surface area contributed by atoms with Gasteiger partial charge in [0.05, 0.1) is 6.10 Å². The highest BCUT2D eigenvalue weighted by molar-refractivity contribution is 5.78. The van der Waals surface area contributed by atoms with Gasteiger partial charge in [-0.3, -0.25) is 4.79 Å². The molecule has 0 spiro atoms. The van der Waals surface area contributed by atoms with E-state index in [4.69, 9.17) is 0 Å². The van der Waals surface area contributed by atoms with Gasteiger partial charge in [-0.05, 0) is 18.9 Å². The molecule has 2 atom stereocenters. The average molecular weight is 333 g/mol. The second-order valence-corrected chi connectivity index (χ2v) is 7.10. The third-order valence-electron chi connectivity index (χ3n) is 5.65. The van der Waals surface area contributed by atoms with Crippen molar-refractivity contribution in [3.8, 4) is 0 Å². The van der Waals surface area contributed by atoms with Gasteiger partial charge in [-0.1, -0.05) is 0 Å². The fourth-order valence-electron chi connectivity index (χ4n) is 4.14. The van der Waals surface area contributed by atoms with E-state index >= 15 is 0 Å².